The van der Waals surface area contributed by atoms with Crippen LogP contribution < -0.4 is 5.32 Å². The first-order valence-electron chi connectivity index (χ1n) is 5.08. The van der Waals surface area contributed by atoms with E-state index in [0.29, 0.717) is 5.13 Å². The topological polar surface area (TPSA) is 68.1 Å². The Hall–Kier alpha value is -1.95. The van der Waals surface area contributed by atoms with E-state index in [1.54, 1.807) is 0 Å². The summed E-state index contributed by atoms with van der Waals surface area (Å²) in [6.07, 6.45) is 1.27. The summed E-state index contributed by atoms with van der Waals surface area (Å²) in [5, 5.41) is 14.3. The lowest BCUT2D eigenvalue weighted by molar-refractivity contribution is -0.380. The van der Waals surface area contributed by atoms with Gasteiger partial charge in [-0.2, -0.15) is 0 Å². The highest BCUT2D eigenvalue weighted by Crippen LogP contribution is 2.28. The van der Waals surface area contributed by atoms with Gasteiger partial charge in [-0.3, -0.25) is 10.1 Å². The van der Waals surface area contributed by atoms with Gasteiger partial charge in [0.2, 0.25) is 0 Å². The van der Waals surface area contributed by atoms with Crippen LogP contribution in [0.2, 0.25) is 0 Å². The molecule has 0 aliphatic heterocycles. The Balaban J connectivity index is 2.08. The number of rotatable bonds is 4. The predicted octanol–water partition coefficient (Wildman–Crippen LogP) is 3.22. The summed E-state index contributed by atoms with van der Waals surface area (Å²) in [4.78, 5) is 14.1. The number of nitrogens with zero attached hydrogens (tertiary/aromatic N) is 2. The molecule has 0 radical (unpaired) electrons. The Labute approximate surface area is 102 Å². The summed E-state index contributed by atoms with van der Waals surface area (Å²) in [7, 11) is 0. The first kappa shape index (κ1) is 11.5. The Morgan fingerprint density at radius 2 is 2.12 bits per heavy atom. The smallest absolute Gasteiger partial charge is 0.345 e. The lowest BCUT2D eigenvalue weighted by Gasteiger charge is -2.12. The number of nitro groups is 1. The van der Waals surface area contributed by atoms with Gasteiger partial charge < -0.3 is 5.32 Å². The number of benzene rings is 1. The van der Waals surface area contributed by atoms with Crippen LogP contribution in [0.15, 0.2) is 36.5 Å². The van der Waals surface area contributed by atoms with E-state index in [1.807, 2.05) is 37.3 Å². The maximum absolute atomic E-state index is 10.5. The average molecular weight is 249 g/mol. The SMILES string of the molecule is CC(Nc1ncc([N+](=O)[O-])s1)c1ccccc1. The molecule has 1 aromatic carbocycles. The second-order valence-electron chi connectivity index (χ2n) is 3.54. The highest BCUT2D eigenvalue weighted by atomic mass is 32.1. The fraction of sp³-hybridized carbons (Fsp3) is 0.182. The van der Waals surface area contributed by atoms with Crippen molar-refractivity contribution in [2.24, 2.45) is 0 Å². The van der Waals surface area contributed by atoms with E-state index in [-0.39, 0.29) is 11.0 Å². The molecule has 6 heteroatoms. The summed E-state index contributed by atoms with van der Waals surface area (Å²) in [6, 6.07) is 9.93. The second kappa shape index (κ2) is 4.92. The normalized spacial score (nSPS) is 12.1. The van der Waals surface area contributed by atoms with E-state index in [0.717, 1.165) is 16.9 Å². The first-order chi connectivity index (χ1) is 8.16. The average Bonchev–Trinajstić information content (AvgIpc) is 2.79. The molecule has 2 aromatic rings. The van der Waals surface area contributed by atoms with E-state index in [2.05, 4.69) is 10.3 Å². The third-order valence-corrected chi connectivity index (χ3v) is 3.19. The Bertz CT molecular complexity index is 512. The molecule has 88 valence electrons. The van der Waals surface area contributed by atoms with Crippen molar-refractivity contribution in [2.45, 2.75) is 13.0 Å². The minimum absolute atomic E-state index is 0.0489. The van der Waals surface area contributed by atoms with Crippen molar-refractivity contribution in [1.29, 1.82) is 0 Å². The van der Waals surface area contributed by atoms with Crippen molar-refractivity contribution in [2.75, 3.05) is 5.32 Å². The number of hydrogen-bond acceptors (Lipinski definition) is 5. The zero-order chi connectivity index (χ0) is 12.3. The molecule has 0 saturated heterocycles. The van der Waals surface area contributed by atoms with Gasteiger partial charge in [0.25, 0.3) is 0 Å². The lowest BCUT2D eigenvalue weighted by Crippen LogP contribution is -2.05. The van der Waals surface area contributed by atoms with Gasteiger partial charge in [-0.1, -0.05) is 30.3 Å². The van der Waals surface area contributed by atoms with Gasteiger partial charge in [-0.15, -0.1) is 0 Å². The molecule has 2 rings (SSSR count). The quantitative estimate of drug-likeness (QED) is 0.667. The molecule has 0 fully saturated rings. The van der Waals surface area contributed by atoms with Gasteiger partial charge >= 0.3 is 5.00 Å². The van der Waals surface area contributed by atoms with Crippen molar-refractivity contribution >= 4 is 21.5 Å². The minimum atomic E-state index is -0.434. The first-order valence-corrected chi connectivity index (χ1v) is 5.90. The van der Waals surface area contributed by atoms with Gasteiger partial charge in [0.15, 0.2) is 5.13 Å². The Kier molecular flexibility index (Phi) is 3.34. The van der Waals surface area contributed by atoms with Crippen LogP contribution in [0.1, 0.15) is 18.5 Å². The van der Waals surface area contributed by atoms with Crippen LogP contribution in [0.3, 0.4) is 0 Å². The Morgan fingerprint density at radius 3 is 2.71 bits per heavy atom. The molecule has 0 spiro atoms. The molecule has 0 saturated carbocycles. The molecule has 1 aromatic heterocycles. The molecule has 1 N–H and O–H groups in total. The predicted molar refractivity (Wildman–Crippen MR) is 67.2 cm³/mol. The molecule has 1 unspecified atom stereocenters. The summed E-state index contributed by atoms with van der Waals surface area (Å²) in [6.45, 7) is 1.99. The van der Waals surface area contributed by atoms with Gasteiger partial charge in [0.1, 0.15) is 6.20 Å². The number of hydrogen-bond donors (Lipinski definition) is 1. The summed E-state index contributed by atoms with van der Waals surface area (Å²) >= 11 is 1.04. The van der Waals surface area contributed by atoms with Crippen molar-refractivity contribution < 1.29 is 4.92 Å². The molecular weight excluding hydrogens is 238 g/mol. The van der Waals surface area contributed by atoms with Crippen LogP contribution >= 0.6 is 11.3 Å². The van der Waals surface area contributed by atoms with Crippen molar-refractivity contribution in [3.05, 3.63) is 52.2 Å². The molecule has 5 nitrogen and oxygen atoms in total. The monoisotopic (exact) mass is 249 g/mol. The van der Waals surface area contributed by atoms with E-state index < -0.39 is 4.92 Å². The third kappa shape index (κ3) is 2.79. The van der Waals surface area contributed by atoms with Crippen LogP contribution in [-0.2, 0) is 0 Å². The number of nitrogens with one attached hydrogen (secondary N) is 1. The zero-order valence-electron chi connectivity index (χ0n) is 9.16. The van der Waals surface area contributed by atoms with E-state index in [4.69, 9.17) is 0 Å². The Morgan fingerprint density at radius 1 is 1.41 bits per heavy atom. The fourth-order valence-corrected chi connectivity index (χ4v) is 2.15. The maximum Gasteiger partial charge on any atom is 0.345 e. The van der Waals surface area contributed by atoms with Crippen LogP contribution in [0.4, 0.5) is 10.1 Å². The standard InChI is InChI=1S/C11H11N3O2S/c1-8(9-5-3-2-4-6-9)13-11-12-7-10(17-11)14(15)16/h2-8H,1H3,(H,12,13). The second-order valence-corrected chi connectivity index (χ2v) is 4.55. The molecule has 0 amide bonds. The lowest BCUT2D eigenvalue weighted by atomic mass is 10.1. The molecule has 0 aliphatic carbocycles. The van der Waals surface area contributed by atoms with Crippen LogP contribution in [0.25, 0.3) is 0 Å². The van der Waals surface area contributed by atoms with Crippen LogP contribution in [0.5, 0.6) is 0 Å². The molecule has 0 bridgehead atoms. The van der Waals surface area contributed by atoms with Crippen molar-refractivity contribution in [3.63, 3.8) is 0 Å². The molecule has 0 aliphatic rings. The van der Waals surface area contributed by atoms with Crippen molar-refractivity contribution in [3.8, 4) is 0 Å². The summed E-state index contributed by atoms with van der Waals surface area (Å²) in [5.74, 6) is 0. The fourth-order valence-electron chi connectivity index (χ4n) is 1.43. The number of thiazole rings is 1. The van der Waals surface area contributed by atoms with Gasteiger partial charge in [-0.05, 0) is 23.8 Å². The minimum Gasteiger partial charge on any atom is -0.355 e. The highest BCUT2D eigenvalue weighted by molar-refractivity contribution is 7.18. The van der Waals surface area contributed by atoms with E-state index in [1.165, 1.54) is 6.20 Å². The van der Waals surface area contributed by atoms with E-state index in [9.17, 15) is 10.1 Å². The van der Waals surface area contributed by atoms with E-state index >= 15 is 0 Å². The largest absolute Gasteiger partial charge is 0.355 e. The number of anilines is 1. The van der Waals surface area contributed by atoms with Crippen LogP contribution in [0, 0.1) is 10.1 Å². The highest BCUT2D eigenvalue weighted by Gasteiger charge is 2.13. The molecular formula is C11H11N3O2S. The molecule has 1 heterocycles. The molecule has 1 atom stereocenters. The molecule has 17 heavy (non-hydrogen) atoms. The van der Waals surface area contributed by atoms with Gasteiger partial charge in [0, 0.05) is 0 Å². The third-order valence-electron chi connectivity index (χ3n) is 2.31. The number of aromatic nitrogens is 1. The van der Waals surface area contributed by atoms with Gasteiger partial charge in [-0.25, -0.2) is 4.98 Å². The van der Waals surface area contributed by atoms with Crippen molar-refractivity contribution in [1.82, 2.24) is 4.98 Å². The maximum atomic E-state index is 10.5. The summed E-state index contributed by atoms with van der Waals surface area (Å²) < 4.78 is 0. The van der Waals surface area contributed by atoms with Gasteiger partial charge in [0.05, 0.1) is 11.0 Å². The van der Waals surface area contributed by atoms with Crippen LogP contribution in [-0.4, -0.2) is 9.91 Å². The summed E-state index contributed by atoms with van der Waals surface area (Å²) in [5.41, 5.74) is 1.12. The zero-order valence-corrected chi connectivity index (χ0v) is 9.98.